The molecule has 1 fully saturated rings. The average molecular weight is 487 g/mol. The molecule has 0 saturated heterocycles. The van der Waals surface area contributed by atoms with Crippen molar-refractivity contribution in [1.82, 2.24) is 0 Å². The number of aliphatic hydroxyl groups excluding tert-OH is 2. The SMILES string of the molecule is C=C(C)C(=O)OCC(CO)CCC1CCC(c2ccc(CCCCC)cc2)CC1.C=C(C=O)CO. The quantitative estimate of drug-likeness (QED) is 0.147. The van der Waals surface area contributed by atoms with Crippen molar-refractivity contribution in [2.24, 2.45) is 11.8 Å². The first-order chi connectivity index (χ1) is 16.8. The normalized spacial score (nSPS) is 18.1. The zero-order valence-electron chi connectivity index (χ0n) is 21.8. The van der Waals surface area contributed by atoms with Gasteiger partial charge in [-0.05, 0) is 81.3 Å². The van der Waals surface area contributed by atoms with Crippen molar-refractivity contribution >= 4 is 12.3 Å². The third-order valence-electron chi connectivity index (χ3n) is 6.78. The molecule has 1 aromatic rings. The summed E-state index contributed by atoms with van der Waals surface area (Å²) in [5, 5.41) is 17.6. The molecule has 1 aliphatic carbocycles. The Morgan fingerprint density at radius 1 is 1.11 bits per heavy atom. The fourth-order valence-electron chi connectivity index (χ4n) is 4.37. The van der Waals surface area contributed by atoms with Crippen LogP contribution in [-0.2, 0) is 20.7 Å². The molecule has 0 amide bonds. The van der Waals surface area contributed by atoms with Crippen molar-refractivity contribution < 1.29 is 24.5 Å². The number of aryl methyl sites for hydroxylation is 1. The first kappa shape index (κ1) is 30.8. The third-order valence-corrected chi connectivity index (χ3v) is 6.78. The predicted octanol–water partition coefficient (Wildman–Crippen LogP) is 5.93. The molecule has 1 aromatic carbocycles. The van der Waals surface area contributed by atoms with Crippen LogP contribution in [0.1, 0.15) is 88.7 Å². The van der Waals surface area contributed by atoms with E-state index in [1.807, 2.05) is 0 Å². The lowest BCUT2D eigenvalue weighted by Crippen LogP contribution is -2.20. The van der Waals surface area contributed by atoms with E-state index in [-0.39, 0.29) is 30.7 Å². The number of carbonyl (C=O) groups is 2. The lowest BCUT2D eigenvalue weighted by molar-refractivity contribution is -0.140. The smallest absolute Gasteiger partial charge is 0.333 e. The number of benzene rings is 1. The van der Waals surface area contributed by atoms with Gasteiger partial charge in [-0.15, -0.1) is 0 Å². The van der Waals surface area contributed by atoms with Crippen molar-refractivity contribution in [1.29, 1.82) is 0 Å². The van der Waals surface area contributed by atoms with Gasteiger partial charge in [0, 0.05) is 23.7 Å². The molecule has 0 heterocycles. The molecule has 0 aliphatic heterocycles. The molecule has 0 spiro atoms. The maximum atomic E-state index is 11.5. The summed E-state index contributed by atoms with van der Waals surface area (Å²) >= 11 is 0. The molecule has 5 heteroatoms. The van der Waals surface area contributed by atoms with Crippen molar-refractivity contribution in [3.8, 4) is 0 Å². The molecule has 1 saturated carbocycles. The Morgan fingerprint density at radius 3 is 2.26 bits per heavy atom. The Balaban J connectivity index is 0.000000905. The molecule has 1 atom stereocenters. The average Bonchev–Trinajstić information content (AvgIpc) is 2.89. The van der Waals surface area contributed by atoms with Gasteiger partial charge in [-0.25, -0.2) is 4.79 Å². The highest BCUT2D eigenvalue weighted by molar-refractivity contribution is 5.86. The second-order valence-corrected chi connectivity index (χ2v) is 9.86. The highest BCUT2D eigenvalue weighted by atomic mass is 16.5. The van der Waals surface area contributed by atoms with Gasteiger partial charge in [0.15, 0.2) is 0 Å². The first-order valence-corrected chi connectivity index (χ1v) is 13.1. The highest BCUT2D eigenvalue weighted by Gasteiger charge is 2.23. The van der Waals surface area contributed by atoms with Gasteiger partial charge in [0.25, 0.3) is 0 Å². The number of esters is 1. The number of aliphatic hydroxyl groups is 2. The first-order valence-electron chi connectivity index (χ1n) is 13.1. The summed E-state index contributed by atoms with van der Waals surface area (Å²) in [4.78, 5) is 21.0. The molecule has 2 rings (SSSR count). The minimum atomic E-state index is -0.361. The summed E-state index contributed by atoms with van der Waals surface area (Å²) in [5.41, 5.74) is 3.60. The van der Waals surface area contributed by atoms with Crippen LogP contribution in [0.15, 0.2) is 48.6 Å². The highest BCUT2D eigenvalue weighted by Crippen LogP contribution is 2.38. The lowest BCUT2D eigenvalue weighted by Gasteiger charge is -2.29. The number of rotatable bonds is 14. The molecular weight excluding hydrogens is 440 g/mol. The van der Waals surface area contributed by atoms with Crippen molar-refractivity contribution in [2.45, 2.75) is 84.0 Å². The number of hydrogen-bond donors (Lipinski definition) is 2. The van der Waals surface area contributed by atoms with Gasteiger partial charge in [-0.3, -0.25) is 4.79 Å². The number of ether oxygens (including phenoxy) is 1. The van der Waals surface area contributed by atoms with Gasteiger partial charge in [0.05, 0.1) is 13.2 Å². The molecular formula is C30H46O5. The second-order valence-electron chi connectivity index (χ2n) is 9.86. The largest absolute Gasteiger partial charge is 0.462 e. The van der Waals surface area contributed by atoms with E-state index < -0.39 is 0 Å². The Labute approximate surface area is 212 Å². The van der Waals surface area contributed by atoms with Crippen LogP contribution in [0.3, 0.4) is 0 Å². The summed E-state index contributed by atoms with van der Waals surface area (Å²) < 4.78 is 5.21. The summed E-state index contributed by atoms with van der Waals surface area (Å²) in [7, 11) is 0. The summed E-state index contributed by atoms with van der Waals surface area (Å²) in [6, 6.07) is 9.36. The molecule has 1 aliphatic rings. The Morgan fingerprint density at radius 2 is 1.77 bits per heavy atom. The van der Waals surface area contributed by atoms with E-state index in [1.54, 1.807) is 6.92 Å². The van der Waals surface area contributed by atoms with E-state index in [0.29, 0.717) is 24.4 Å². The minimum Gasteiger partial charge on any atom is -0.462 e. The maximum Gasteiger partial charge on any atom is 0.333 e. The van der Waals surface area contributed by atoms with E-state index in [9.17, 15) is 14.7 Å². The molecule has 35 heavy (non-hydrogen) atoms. The van der Waals surface area contributed by atoms with Crippen LogP contribution in [-0.4, -0.2) is 42.3 Å². The number of aldehydes is 1. The molecule has 2 N–H and O–H groups in total. The van der Waals surface area contributed by atoms with Crippen LogP contribution in [0.25, 0.3) is 0 Å². The van der Waals surface area contributed by atoms with Crippen molar-refractivity contribution in [3.63, 3.8) is 0 Å². The topological polar surface area (TPSA) is 83.8 Å². The van der Waals surface area contributed by atoms with Gasteiger partial charge in [-0.1, -0.05) is 57.2 Å². The van der Waals surface area contributed by atoms with Gasteiger partial charge in [-0.2, -0.15) is 0 Å². The minimum absolute atomic E-state index is 0.0382. The van der Waals surface area contributed by atoms with Gasteiger partial charge >= 0.3 is 5.97 Å². The monoisotopic (exact) mass is 486 g/mol. The molecule has 196 valence electrons. The van der Waals surface area contributed by atoms with Crippen molar-refractivity contribution in [2.75, 3.05) is 19.8 Å². The lowest BCUT2D eigenvalue weighted by atomic mass is 9.76. The van der Waals surface area contributed by atoms with Crippen LogP contribution in [0.2, 0.25) is 0 Å². The Hall–Kier alpha value is -2.24. The molecule has 0 bridgehead atoms. The zero-order chi connectivity index (χ0) is 26.1. The van der Waals surface area contributed by atoms with E-state index in [2.05, 4.69) is 44.3 Å². The van der Waals surface area contributed by atoms with Gasteiger partial charge in [0.2, 0.25) is 0 Å². The van der Waals surface area contributed by atoms with Crippen LogP contribution in [0, 0.1) is 11.8 Å². The molecule has 5 nitrogen and oxygen atoms in total. The fourth-order valence-corrected chi connectivity index (χ4v) is 4.37. The maximum absolute atomic E-state index is 11.5. The van der Waals surface area contributed by atoms with Gasteiger partial charge in [0.1, 0.15) is 6.29 Å². The summed E-state index contributed by atoms with van der Waals surface area (Å²) in [6.07, 6.45) is 12.7. The summed E-state index contributed by atoms with van der Waals surface area (Å²) in [5.74, 6) is 1.10. The Kier molecular flexibility index (Phi) is 15.9. The zero-order valence-corrected chi connectivity index (χ0v) is 21.8. The molecule has 0 aromatic heterocycles. The van der Waals surface area contributed by atoms with E-state index in [4.69, 9.17) is 9.84 Å². The van der Waals surface area contributed by atoms with E-state index >= 15 is 0 Å². The van der Waals surface area contributed by atoms with Crippen LogP contribution in [0.4, 0.5) is 0 Å². The van der Waals surface area contributed by atoms with Gasteiger partial charge < -0.3 is 14.9 Å². The third kappa shape index (κ3) is 12.9. The number of carbonyl (C=O) groups excluding carboxylic acids is 2. The van der Waals surface area contributed by atoms with Crippen LogP contribution in [0.5, 0.6) is 0 Å². The number of hydrogen-bond acceptors (Lipinski definition) is 5. The second kappa shape index (κ2) is 18.1. The fraction of sp³-hybridized carbons (Fsp3) is 0.600. The number of unbranched alkanes of at least 4 members (excludes halogenated alkanes) is 2. The molecule has 1 unspecified atom stereocenters. The Bertz CT molecular complexity index is 759. The van der Waals surface area contributed by atoms with Crippen molar-refractivity contribution in [3.05, 3.63) is 59.7 Å². The molecule has 0 radical (unpaired) electrons. The van der Waals surface area contributed by atoms with E-state index in [0.717, 1.165) is 18.8 Å². The van der Waals surface area contributed by atoms with Crippen LogP contribution >= 0.6 is 0 Å². The summed E-state index contributed by atoms with van der Waals surface area (Å²) in [6.45, 7) is 10.8. The van der Waals surface area contributed by atoms with Crippen LogP contribution < -0.4 is 0 Å². The standard InChI is InChI=1S/C26H40O3.C4H6O2/c1-4-5-6-7-21-10-14-24(15-11-21)25-16-12-22(13-17-25)8-9-23(18-27)19-29-26(28)20(2)3;1-4(2-5)3-6/h10-11,14-15,22-23,25,27H,2,4-9,12-13,16-19H2,1,3H3;2,6H,1,3H2. The van der Waals surface area contributed by atoms with E-state index in [1.165, 1.54) is 62.5 Å². The predicted molar refractivity (Wildman–Crippen MR) is 142 cm³/mol.